The third-order valence-corrected chi connectivity index (χ3v) is 4.43. The van der Waals surface area contributed by atoms with E-state index in [2.05, 4.69) is 28.2 Å². The molecule has 0 aliphatic heterocycles. The van der Waals surface area contributed by atoms with Crippen LogP contribution in [0.1, 0.15) is 48.5 Å². The second-order valence-corrected chi connectivity index (χ2v) is 6.08. The highest BCUT2D eigenvalue weighted by atomic mass is 79.9. The van der Waals surface area contributed by atoms with E-state index in [0.29, 0.717) is 6.04 Å². The molecule has 1 unspecified atom stereocenters. The molecule has 0 aromatic heterocycles. The van der Waals surface area contributed by atoms with E-state index in [1.165, 1.54) is 12.8 Å². The first kappa shape index (κ1) is 13.6. The Morgan fingerprint density at radius 2 is 2.22 bits per heavy atom. The zero-order chi connectivity index (χ0) is 13.1. The van der Waals surface area contributed by atoms with Crippen molar-refractivity contribution in [2.45, 2.75) is 45.6 Å². The summed E-state index contributed by atoms with van der Waals surface area (Å²) in [4.78, 5) is 12.1. The summed E-state index contributed by atoms with van der Waals surface area (Å²) in [6.45, 7) is 4.16. The highest BCUT2D eigenvalue weighted by Gasteiger charge is 2.25. The van der Waals surface area contributed by atoms with Crippen LogP contribution in [-0.2, 0) is 0 Å². The summed E-state index contributed by atoms with van der Waals surface area (Å²) in [6, 6.07) is 6.08. The molecular formula is C15H20BrNO. The van der Waals surface area contributed by atoms with E-state index in [4.69, 9.17) is 0 Å². The van der Waals surface area contributed by atoms with Crippen molar-refractivity contribution in [2.75, 3.05) is 0 Å². The summed E-state index contributed by atoms with van der Waals surface area (Å²) in [5.74, 6) is 0.892. The fourth-order valence-corrected chi connectivity index (χ4v) is 2.47. The van der Waals surface area contributed by atoms with Gasteiger partial charge in [0.25, 0.3) is 5.91 Å². The number of carbonyl (C=O) groups excluding carboxylic acids is 1. The topological polar surface area (TPSA) is 29.1 Å². The van der Waals surface area contributed by atoms with Crippen molar-refractivity contribution in [3.63, 3.8) is 0 Å². The van der Waals surface area contributed by atoms with E-state index in [9.17, 15) is 4.79 Å². The Labute approximate surface area is 117 Å². The van der Waals surface area contributed by atoms with E-state index in [0.717, 1.165) is 34.4 Å². The number of hydrogen-bond acceptors (Lipinski definition) is 1. The van der Waals surface area contributed by atoms with Gasteiger partial charge in [0, 0.05) is 16.1 Å². The van der Waals surface area contributed by atoms with E-state index >= 15 is 0 Å². The van der Waals surface area contributed by atoms with Gasteiger partial charge in [0.05, 0.1) is 0 Å². The molecule has 1 aliphatic carbocycles. The average Bonchev–Trinajstić information content (AvgIpc) is 3.15. The maximum atomic E-state index is 12.1. The lowest BCUT2D eigenvalue weighted by molar-refractivity contribution is 0.0932. The van der Waals surface area contributed by atoms with Gasteiger partial charge in [-0.3, -0.25) is 4.79 Å². The number of rotatable bonds is 5. The Kier molecular flexibility index (Phi) is 4.44. The van der Waals surface area contributed by atoms with Crippen LogP contribution >= 0.6 is 15.9 Å². The van der Waals surface area contributed by atoms with E-state index in [1.807, 2.05) is 25.1 Å². The molecule has 2 rings (SSSR count). The van der Waals surface area contributed by atoms with Gasteiger partial charge in [-0.15, -0.1) is 0 Å². The molecule has 1 amide bonds. The lowest BCUT2D eigenvalue weighted by Crippen LogP contribution is -2.34. The predicted octanol–water partition coefficient (Wildman–Crippen LogP) is 4.07. The molecule has 0 spiro atoms. The quantitative estimate of drug-likeness (QED) is 0.873. The third-order valence-electron chi connectivity index (χ3n) is 3.58. The molecule has 1 fully saturated rings. The van der Waals surface area contributed by atoms with Gasteiger partial charge < -0.3 is 5.32 Å². The van der Waals surface area contributed by atoms with Crippen molar-refractivity contribution >= 4 is 21.8 Å². The molecule has 0 bridgehead atoms. The fraction of sp³-hybridized carbons (Fsp3) is 0.533. The lowest BCUT2D eigenvalue weighted by Gasteiger charge is -2.17. The van der Waals surface area contributed by atoms with Crippen LogP contribution in [0, 0.1) is 12.8 Å². The summed E-state index contributed by atoms with van der Waals surface area (Å²) >= 11 is 3.47. The van der Waals surface area contributed by atoms with E-state index < -0.39 is 0 Å². The first-order valence-electron chi connectivity index (χ1n) is 6.67. The largest absolute Gasteiger partial charge is 0.349 e. The maximum Gasteiger partial charge on any atom is 0.251 e. The van der Waals surface area contributed by atoms with Gasteiger partial charge in [-0.2, -0.15) is 0 Å². The summed E-state index contributed by atoms with van der Waals surface area (Å²) in [6.07, 6.45) is 4.81. The number of nitrogens with one attached hydrogen (secondary N) is 1. The molecule has 98 valence electrons. The Bertz CT molecular complexity index is 440. The minimum Gasteiger partial charge on any atom is -0.349 e. The van der Waals surface area contributed by atoms with Gasteiger partial charge in [0.2, 0.25) is 0 Å². The Hall–Kier alpha value is -0.830. The smallest absolute Gasteiger partial charge is 0.251 e. The molecule has 0 saturated heterocycles. The normalized spacial score (nSPS) is 16.4. The zero-order valence-corrected chi connectivity index (χ0v) is 12.6. The molecule has 2 nitrogen and oxygen atoms in total. The molecule has 1 atom stereocenters. The standard InChI is InChI=1S/C15H20BrNO/c1-3-13(8-11-5-6-11)17-15(18)12-7-4-10(2)14(16)9-12/h4,7,9,11,13H,3,5-6,8H2,1-2H3,(H,17,18). The second kappa shape index (κ2) is 5.87. The molecule has 18 heavy (non-hydrogen) atoms. The molecular weight excluding hydrogens is 290 g/mol. The number of carbonyl (C=O) groups is 1. The van der Waals surface area contributed by atoms with Crippen molar-refractivity contribution in [2.24, 2.45) is 5.92 Å². The van der Waals surface area contributed by atoms with Gasteiger partial charge in [-0.1, -0.05) is 41.8 Å². The summed E-state index contributed by atoms with van der Waals surface area (Å²) in [5.41, 5.74) is 1.89. The highest BCUT2D eigenvalue weighted by Crippen LogP contribution is 2.34. The van der Waals surface area contributed by atoms with Gasteiger partial charge >= 0.3 is 0 Å². The predicted molar refractivity (Wildman–Crippen MR) is 77.8 cm³/mol. The molecule has 1 aliphatic rings. The first-order valence-corrected chi connectivity index (χ1v) is 7.46. The van der Waals surface area contributed by atoms with Gasteiger partial charge in [-0.05, 0) is 43.4 Å². The van der Waals surface area contributed by atoms with Crippen molar-refractivity contribution in [1.29, 1.82) is 0 Å². The minimum absolute atomic E-state index is 0.0446. The molecule has 0 radical (unpaired) electrons. The Balaban J connectivity index is 1.98. The summed E-state index contributed by atoms with van der Waals surface area (Å²) in [7, 11) is 0. The van der Waals surface area contributed by atoms with Crippen LogP contribution in [0.15, 0.2) is 22.7 Å². The fourth-order valence-electron chi connectivity index (χ4n) is 2.09. The number of amides is 1. The molecule has 1 aromatic rings. The number of hydrogen-bond donors (Lipinski definition) is 1. The lowest BCUT2D eigenvalue weighted by atomic mass is 10.1. The van der Waals surface area contributed by atoms with E-state index in [-0.39, 0.29) is 5.91 Å². The monoisotopic (exact) mass is 309 g/mol. The van der Waals surface area contributed by atoms with Crippen molar-refractivity contribution in [3.05, 3.63) is 33.8 Å². The zero-order valence-electron chi connectivity index (χ0n) is 11.0. The molecule has 0 heterocycles. The van der Waals surface area contributed by atoms with Crippen LogP contribution in [0.2, 0.25) is 0 Å². The van der Waals surface area contributed by atoms with Crippen molar-refractivity contribution in [1.82, 2.24) is 5.32 Å². The molecule has 1 N–H and O–H groups in total. The average molecular weight is 310 g/mol. The van der Waals surface area contributed by atoms with E-state index in [1.54, 1.807) is 0 Å². The molecule has 1 aromatic carbocycles. The minimum atomic E-state index is 0.0446. The van der Waals surface area contributed by atoms with Gasteiger partial charge in [0.1, 0.15) is 0 Å². The van der Waals surface area contributed by atoms with Gasteiger partial charge in [-0.25, -0.2) is 0 Å². The van der Waals surface area contributed by atoms with Crippen LogP contribution in [0.5, 0.6) is 0 Å². The second-order valence-electron chi connectivity index (χ2n) is 5.22. The highest BCUT2D eigenvalue weighted by molar-refractivity contribution is 9.10. The van der Waals surface area contributed by atoms with Crippen LogP contribution in [-0.4, -0.2) is 11.9 Å². The van der Waals surface area contributed by atoms with Crippen LogP contribution in [0.25, 0.3) is 0 Å². The Morgan fingerprint density at radius 3 is 2.78 bits per heavy atom. The van der Waals surface area contributed by atoms with Gasteiger partial charge in [0.15, 0.2) is 0 Å². The maximum absolute atomic E-state index is 12.1. The third kappa shape index (κ3) is 3.58. The number of halogens is 1. The van der Waals surface area contributed by atoms with Crippen LogP contribution in [0.3, 0.4) is 0 Å². The Morgan fingerprint density at radius 1 is 1.50 bits per heavy atom. The number of aryl methyl sites for hydroxylation is 1. The summed E-state index contributed by atoms with van der Waals surface area (Å²) in [5, 5.41) is 3.14. The summed E-state index contributed by atoms with van der Waals surface area (Å²) < 4.78 is 0.991. The molecule has 1 saturated carbocycles. The van der Waals surface area contributed by atoms with Crippen molar-refractivity contribution < 1.29 is 4.79 Å². The number of benzene rings is 1. The first-order chi connectivity index (χ1) is 8.60. The molecule has 3 heteroatoms. The van der Waals surface area contributed by atoms with Crippen LogP contribution < -0.4 is 5.32 Å². The van der Waals surface area contributed by atoms with Crippen molar-refractivity contribution in [3.8, 4) is 0 Å². The van der Waals surface area contributed by atoms with Crippen LogP contribution in [0.4, 0.5) is 0 Å². The SMILES string of the molecule is CCC(CC1CC1)NC(=O)c1ccc(C)c(Br)c1.